The zero-order valence-corrected chi connectivity index (χ0v) is 19.5. The van der Waals surface area contributed by atoms with Gasteiger partial charge in [-0.05, 0) is 35.0 Å². The van der Waals surface area contributed by atoms with E-state index in [1.165, 1.54) is 4.31 Å². The van der Waals surface area contributed by atoms with Crippen LogP contribution in [0.5, 0.6) is 0 Å². The molecule has 0 bridgehead atoms. The Hall–Kier alpha value is -3.76. The fourth-order valence-corrected chi connectivity index (χ4v) is 5.04. The predicted octanol–water partition coefficient (Wildman–Crippen LogP) is 2.36. The summed E-state index contributed by atoms with van der Waals surface area (Å²) in [7, 11) is -3.62. The van der Waals surface area contributed by atoms with Crippen molar-refractivity contribution >= 4 is 38.5 Å². The van der Waals surface area contributed by atoms with Crippen molar-refractivity contribution in [3.63, 3.8) is 0 Å². The number of carboxylic acids is 1. The van der Waals surface area contributed by atoms with E-state index in [0.717, 1.165) is 17.7 Å². The molecular formula is C24H26N4O5S. The van der Waals surface area contributed by atoms with E-state index in [2.05, 4.69) is 0 Å². The van der Waals surface area contributed by atoms with Gasteiger partial charge in [0.2, 0.25) is 10.0 Å². The average molecular weight is 483 g/mol. The zero-order valence-electron chi connectivity index (χ0n) is 18.6. The molecule has 4 rings (SSSR count). The topological polar surface area (TPSA) is 145 Å². The molecule has 4 N–H and O–H groups in total. The second kappa shape index (κ2) is 10.4. The molecule has 1 aliphatic heterocycles. The summed E-state index contributed by atoms with van der Waals surface area (Å²) in [6.07, 6.45) is 0. The van der Waals surface area contributed by atoms with E-state index in [0.29, 0.717) is 24.2 Å². The van der Waals surface area contributed by atoms with Crippen LogP contribution in [0.1, 0.15) is 22.8 Å². The Kier molecular flexibility index (Phi) is 7.64. The van der Waals surface area contributed by atoms with Gasteiger partial charge >= 0.3 is 0 Å². The summed E-state index contributed by atoms with van der Waals surface area (Å²) < 4.78 is 27.6. The molecule has 178 valence electrons. The number of hydrogen-bond donors (Lipinski definition) is 3. The van der Waals surface area contributed by atoms with Crippen LogP contribution in [0.25, 0.3) is 10.8 Å². The van der Waals surface area contributed by atoms with E-state index < -0.39 is 16.0 Å². The predicted molar refractivity (Wildman–Crippen MR) is 129 cm³/mol. The van der Waals surface area contributed by atoms with Crippen molar-refractivity contribution < 1.29 is 23.1 Å². The monoisotopic (exact) mass is 482 g/mol. The molecule has 10 heteroatoms. The van der Waals surface area contributed by atoms with Crippen molar-refractivity contribution in [2.45, 2.75) is 11.8 Å². The highest BCUT2D eigenvalue weighted by Gasteiger charge is 2.30. The SMILES string of the molecule is CC(=O)O.N=C(N)c1ccc(C(=O)N2CCN(S(=O)(=O)c3ccc4ccccc4c3)CC2)cc1. The van der Waals surface area contributed by atoms with Crippen LogP contribution in [0.3, 0.4) is 0 Å². The average Bonchev–Trinajstić information content (AvgIpc) is 2.83. The third-order valence-electron chi connectivity index (χ3n) is 5.33. The summed E-state index contributed by atoms with van der Waals surface area (Å²) in [6, 6.07) is 19.3. The van der Waals surface area contributed by atoms with Crippen LogP contribution < -0.4 is 5.73 Å². The molecule has 3 aromatic rings. The van der Waals surface area contributed by atoms with E-state index in [1.807, 2.05) is 30.3 Å². The molecule has 1 fully saturated rings. The van der Waals surface area contributed by atoms with Crippen LogP contribution in [0.2, 0.25) is 0 Å². The number of nitrogens with one attached hydrogen (secondary N) is 1. The molecule has 1 saturated heterocycles. The number of rotatable bonds is 4. The molecular weight excluding hydrogens is 456 g/mol. The van der Waals surface area contributed by atoms with Crippen LogP contribution in [0.15, 0.2) is 71.6 Å². The lowest BCUT2D eigenvalue weighted by atomic mass is 10.1. The van der Waals surface area contributed by atoms with Gasteiger partial charge in [-0.3, -0.25) is 15.0 Å². The van der Waals surface area contributed by atoms with Crippen LogP contribution in [0, 0.1) is 5.41 Å². The summed E-state index contributed by atoms with van der Waals surface area (Å²) in [5, 5.41) is 16.7. The number of benzene rings is 3. The number of carbonyl (C=O) groups is 2. The smallest absolute Gasteiger partial charge is 0.300 e. The molecule has 0 saturated carbocycles. The van der Waals surface area contributed by atoms with Crippen LogP contribution in [0.4, 0.5) is 0 Å². The molecule has 0 aliphatic carbocycles. The third kappa shape index (κ3) is 5.77. The molecule has 1 amide bonds. The van der Waals surface area contributed by atoms with Crippen molar-refractivity contribution in [2.75, 3.05) is 26.2 Å². The fraction of sp³-hybridized carbons (Fsp3) is 0.208. The highest BCUT2D eigenvalue weighted by molar-refractivity contribution is 7.89. The number of carbonyl (C=O) groups excluding carboxylic acids is 1. The Labute approximate surface area is 198 Å². The number of sulfonamides is 1. The number of aliphatic carboxylic acids is 1. The second-order valence-electron chi connectivity index (χ2n) is 7.72. The first-order chi connectivity index (χ1) is 16.1. The Morgan fingerprint density at radius 1 is 0.882 bits per heavy atom. The van der Waals surface area contributed by atoms with Crippen molar-refractivity contribution in [3.8, 4) is 0 Å². The van der Waals surface area contributed by atoms with Crippen LogP contribution in [-0.4, -0.2) is 66.6 Å². The summed E-state index contributed by atoms with van der Waals surface area (Å²) in [4.78, 5) is 23.6. The number of piperazine rings is 1. The van der Waals surface area contributed by atoms with Gasteiger partial charge in [0.25, 0.3) is 11.9 Å². The molecule has 0 radical (unpaired) electrons. The minimum absolute atomic E-state index is 0.0542. The normalized spacial score (nSPS) is 14.2. The molecule has 0 atom stereocenters. The first kappa shape index (κ1) is 24.9. The maximum atomic E-state index is 13.1. The van der Waals surface area contributed by atoms with E-state index >= 15 is 0 Å². The number of amidine groups is 1. The van der Waals surface area contributed by atoms with Crippen molar-refractivity contribution in [1.82, 2.24) is 9.21 Å². The van der Waals surface area contributed by atoms with Gasteiger partial charge < -0.3 is 15.7 Å². The summed E-state index contributed by atoms with van der Waals surface area (Å²) in [5.41, 5.74) is 6.49. The number of carboxylic acid groups (broad SMARTS) is 1. The Balaban J connectivity index is 0.000000751. The number of nitrogens with two attached hydrogens (primary N) is 1. The molecule has 9 nitrogen and oxygen atoms in total. The van der Waals surface area contributed by atoms with Gasteiger partial charge in [-0.25, -0.2) is 8.42 Å². The molecule has 34 heavy (non-hydrogen) atoms. The molecule has 3 aromatic carbocycles. The standard InChI is InChI=1S/C22H22N4O3S.C2H4O2/c23-21(24)17-5-7-18(8-6-17)22(27)25-11-13-26(14-12-25)30(28,29)20-10-9-16-3-1-2-4-19(16)15-20;1-2(3)4/h1-10,15H,11-14H2,(H3,23,24);1H3,(H,3,4). The molecule has 0 spiro atoms. The van der Waals surface area contributed by atoms with Gasteiger partial charge in [0, 0.05) is 44.2 Å². The number of nitrogens with zero attached hydrogens (tertiary/aromatic N) is 2. The second-order valence-corrected chi connectivity index (χ2v) is 9.65. The first-order valence-electron chi connectivity index (χ1n) is 10.5. The zero-order chi connectivity index (χ0) is 24.9. The first-order valence-corrected chi connectivity index (χ1v) is 12.0. The van der Waals surface area contributed by atoms with E-state index in [1.54, 1.807) is 41.3 Å². The van der Waals surface area contributed by atoms with Gasteiger partial charge in [-0.1, -0.05) is 42.5 Å². The van der Waals surface area contributed by atoms with Crippen molar-refractivity contribution in [3.05, 3.63) is 77.9 Å². The highest BCUT2D eigenvalue weighted by atomic mass is 32.2. The molecule has 1 aliphatic rings. The van der Waals surface area contributed by atoms with Gasteiger partial charge in [0.15, 0.2) is 0 Å². The van der Waals surface area contributed by atoms with Gasteiger partial charge in [0.1, 0.15) is 5.84 Å². The summed E-state index contributed by atoms with van der Waals surface area (Å²) in [6.45, 7) is 2.21. The lowest BCUT2D eigenvalue weighted by Crippen LogP contribution is -2.50. The number of hydrogen-bond acceptors (Lipinski definition) is 5. The third-order valence-corrected chi connectivity index (χ3v) is 7.22. The van der Waals surface area contributed by atoms with Crippen molar-refractivity contribution in [1.29, 1.82) is 5.41 Å². The van der Waals surface area contributed by atoms with E-state index in [4.69, 9.17) is 21.0 Å². The van der Waals surface area contributed by atoms with Gasteiger partial charge in [-0.2, -0.15) is 4.31 Å². The Morgan fingerprint density at radius 2 is 1.41 bits per heavy atom. The quantitative estimate of drug-likeness (QED) is 0.384. The van der Waals surface area contributed by atoms with Crippen molar-refractivity contribution in [2.24, 2.45) is 5.73 Å². The van der Waals surface area contributed by atoms with Crippen LogP contribution in [-0.2, 0) is 14.8 Å². The number of amides is 1. The molecule has 0 aromatic heterocycles. The van der Waals surface area contributed by atoms with Gasteiger partial charge in [0.05, 0.1) is 4.90 Å². The fourth-order valence-electron chi connectivity index (χ4n) is 3.58. The molecule has 0 unspecified atom stereocenters. The maximum absolute atomic E-state index is 13.1. The lowest BCUT2D eigenvalue weighted by molar-refractivity contribution is -0.134. The minimum Gasteiger partial charge on any atom is -0.481 e. The number of nitrogen functional groups attached to an aromatic ring is 1. The van der Waals surface area contributed by atoms with Gasteiger partial charge in [-0.15, -0.1) is 0 Å². The summed E-state index contributed by atoms with van der Waals surface area (Å²) in [5.74, 6) is -1.05. The minimum atomic E-state index is -3.62. The highest BCUT2D eigenvalue weighted by Crippen LogP contribution is 2.23. The Morgan fingerprint density at radius 3 is 1.97 bits per heavy atom. The Bertz CT molecular complexity index is 1310. The maximum Gasteiger partial charge on any atom is 0.300 e. The largest absolute Gasteiger partial charge is 0.481 e. The number of fused-ring (bicyclic) bond motifs is 1. The summed E-state index contributed by atoms with van der Waals surface area (Å²) >= 11 is 0. The van der Waals surface area contributed by atoms with Crippen LogP contribution >= 0.6 is 0 Å². The van der Waals surface area contributed by atoms with E-state index in [-0.39, 0.29) is 29.7 Å². The molecule has 1 heterocycles. The lowest BCUT2D eigenvalue weighted by Gasteiger charge is -2.34. The van der Waals surface area contributed by atoms with E-state index in [9.17, 15) is 13.2 Å².